The number of unbranched alkanes of at least 4 members (excludes halogenated alkanes) is 3. The Kier molecular flexibility index (Phi) is 7.52. The zero-order valence-electron chi connectivity index (χ0n) is 18.2. The van der Waals surface area contributed by atoms with E-state index in [9.17, 15) is 8.42 Å². The van der Waals surface area contributed by atoms with Crippen molar-refractivity contribution in [3.8, 4) is 0 Å². The number of hydrogen-bond donors (Lipinski definition) is 2. The monoisotopic (exact) mass is 504 g/mol. The Bertz CT molecular complexity index is 977. The van der Waals surface area contributed by atoms with Gasteiger partial charge in [0.05, 0.1) is 10.1 Å². The van der Waals surface area contributed by atoms with Gasteiger partial charge in [-0.3, -0.25) is 0 Å². The molecule has 4 rings (SSSR count). The Hall–Kier alpha value is -1.21. The van der Waals surface area contributed by atoms with Gasteiger partial charge in [0.1, 0.15) is 0 Å². The zero-order chi connectivity index (χ0) is 21.8. The van der Waals surface area contributed by atoms with Gasteiger partial charge in [-0.25, -0.2) is 8.42 Å². The van der Waals surface area contributed by atoms with Crippen molar-refractivity contribution in [1.82, 2.24) is 10.6 Å². The summed E-state index contributed by atoms with van der Waals surface area (Å²) in [5.41, 5.74) is 2.38. The number of fused-ring (bicyclic) bond motifs is 2. The first-order valence-corrected chi connectivity index (χ1v) is 13.9. The molecule has 0 aliphatic carbocycles. The van der Waals surface area contributed by atoms with Crippen molar-refractivity contribution < 1.29 is 8.42 Å². The van der Waals surface area contributed by atoms with Gasteiger partial charge in [0.25, 0.3) is 0 Å². The fraction of sp³-hybridized carbons (Fsp3) is 0.520. The summed E-state index contributed by atoms with van der Waals surface area (Å²) in [6.45, 7) is 2.88. The minimum absolute atomic E-state index is 0.0312. The summed E-state index contributed by atoms with van der Waals surface area (Å²) in [5.74, 6) is 0. The Balaban J connectivity index is 1.46. The molecule has 2 aromatic carbocycles. The first-order valence-electron chi connectivity index (χ1n) is 11.6. The summed E-state index contributed by atoms with van der Waals surface area (Å²) in [5, 5.41) is 6.70. The van der Waals surface area contributed by atoms with Gasteiger partial charge in [-0.2, -0.15) is 0 Å². The fourth-order valence-electron chi connectivity index (χ4n) is 5.13. The maximum absolute atomic E-state index is 13.6. The number of sulfone groups is 1. The van der Waals surface area contributed by atoms with E-state index in [1.807, 2.05) is 36.4 Å². The van der Waals surface area contributed by atoms with Crippen LogP contribution in [-0.2, 0) is 22.8 Å². The number of benzene rings is 2. The van der Waals surface area contributed by atoms with Gasteiger partial charge in [0, 0.05) is 29.1 Å². The second kappa shape index (κ2) is 10.2. The highest BCUT2D eigenvalue weighted by Gasteiger charge is 2.53. The van der Waals surface area contributed by atoms with E-state index in [1.165, 1.54) is 24.8 Å². The number of nitrogens with one attached hydrogen (secondary N) is 2. The lowest BCUT2D eigenvalue weighted by Crippen LogP contribution is -2.50. The number of rotatable bonds is 10. The molecule has 2 bridgehead atoms. The molecular formula is C25H33BrN2O2S. The van der Waals surface area contributed by atoms with Gasteiger partial charge in [0.15, 0.2) is 9.84 Å². The smallest absolute Gasteiger partial charge is 0.184 e. The molecule has 0 aromatic heterocycles. The lowest BCUT2D eigenvalue weighted by molar-refractivity contribution is 0.409. The minimum atomic E-state index is -3.41. The van der Waals surface area contributed by atoms with Crippen LogP contribution in [0.4, 0.5) is 0 Å². The van der Waals surface area contributed by atoms with Crippen LogP contribution in [0.15, 0.2) is 57.9 Å². The van der Waals surface area contributed by atoms with E-state index in [1.54, 1.807) is 0 Å². The third-order valence-corrected chi connectivity index (χ3v) is 9.52. The summed E-state index contributed by atoms with van der Waals surface area (Å²) >= 11 is 3.52. The van der Waals surface area contributed by atoms with Gasteiger partial charge < -0.3 is 10.6 Å². The van der Waals surface area contributed by atoms with Crippen LogP contribution in [0.1, 0.15) is 56.6 Å². The second-order valence-corrected chi connectivity index (χ2v) is 12.0. The average Bonchev–Trinajstić information content (AvgIpc) is 3.38. The van der Waals surface area contributed by atoms with Crippen LogP contribution >= 0.6 is 15.9 Å². The predicted molar refractivity (Wildman–Crippen MR) is 130 cm³/mol. The van der Waals surface area contributed by atoms with Crippen LogP contribution in [0.5, 0.6) is 0 Å². The zero-order valence-corrected chi connectivity index (χ0v) is 20.6. The number of halogens is 1. The van der Waals surface area contributed by atoms with E-state index in [0.717, 1.165) is 35.7 Å². The topological polar surface area (TPSA) is 58.2 Å². The first-order chi connectivity index (χ1) is 15.0. The summed E-state index contributed by atoms with van der Waals surface area (Å²) in [6, 6.07) is 16.0. The second-order valence-electron chi connectivity index (χ2n) is 8.96. The Morgan fingerprint density at radius 1 is 1.00 bits per heavy atom. The summed E-state index contributed by atoms with van der Waals surface area (Å²) in [4.78, 5) is 0.457. The molecule has 0 saturated carbocycles. The molecular weight excluding hydrogens is 472 g/mol. The molecule has 168 valence electrons. The SMILES string of the molecule is CCCCCCc1ccc(S(=O)(=O)[C@H]2[C@@H](NCc3cccc(Br)c3)[C@H]3CC[C@@H]2N3)cc1. The van der Waals surface area contributed by atoms with Crippen molar-refractivity contribution in [3.05, 3.63) is 64.1 Å². The summed E-state index contributed by atoms with van der Waals surface area (Å²) < 4.78 is 28.3. The van der Waals surface area contributed by atoms with Crippen LogP contribution in [0.3, 0.4) is 0 Å². The molecule has 0 amide bonds. The van der Waals surface area contributed by atoms with Crippen LogP contribution in [0.2, 0.25) is 0 Å². The van der Waals surface area contributed by atoms with E-state index >= 15 is 0 Å². The maximum atomic E-state index is 13.6. The normalized spacial score (nSPS) is 25.2. The highest BCUT2D eigenvalue weighted by atomic mass is 79.9. The fourth-order valence-corrected chi connectivity index (χ4v) is 7.73. The Morgan fingerprint density at radius 2 is 1.77 bits per heavy atom. The Labute approximate surface area is 195 Å². The van der Waals surface area contributed by atoms with Crippen molar-refractivity contribution in [3.63, 3.8) is 0 Å². The molecule has 2 aromatic rings. The molecule has 2 aliphatic rings. The van der Waals surface area contributed by atoms with Crippen molar-refractivity contribution >= 4 is 25.8 Å². The molecule has 2 saturated heterocycles. The summed E-state index contributed by atoms with van der Waals surface area (Å²) in [7, 11) is -3.41. The van der Waals surface area contributed by atoms with Crippen LogP contribution in [-0.4, -0.2) is 31.8 Å². The van der Waals surface area contributed by atoms with Gasteiger partial charge in [-0.05, 0) is 61.1 Å². The molecule has 0 unspecified atom stereocenters. The van der Waals surface area contributed by atoms with Gasteiger partial charge in [-0.15, -0.1) is 0 Å². The lowest BCUT2D eigenvalue weighted by atomic mass is 9.94. The quantitative estimate of drug-likeness (QED) is 0.446. The molecule has 4 nitrogen and oxygen atoms in total. The predicted octanol–water partition coefficient (Wildman–Crippen LogP) is 5.01. The molecule has 2 aliphatic heterocycles. The number of hydrogen-bond acceptors (Lipinski definition) is 4. The van der Waals surface area contributed by atoms with Crippen molar-refractivity contribution in [2.24, 2.45) is 0 Å². The largest absolute Gasteiger partial charge is 0.308 e. The molecule has 2 heterocycles. The van der Waals surface area contributed by atoms with Crippen molar-refractivity contribution in [1.29, 1.82) is 0 Å². The standard InChI is InChI=1S/C25H33BrN2O2S/c1-2-3-4-5-7-18-10-12-21(13-11-18)31(29,30)25-23-15-14-22(28-23)24(25)27-17-19-8-6-9-20(26)16-19/h6,8-13,16,22-25,27-28H,2-5,7,14-15,17H2,1H3/t22-,23+,24+,25-/m1/s1. The van der Waals surface area contributed by atoms with Gasteiger partial charge >= 0.3 is 0 Å². The van der Waals surface area contributed by atoms with Crippen LogP contribution in [0, 0.1) is 0 Å². The first kappa shape index (κ1) is 23.0. The lowest BCUT2D eigenvalue weighted by Gasteiger charge is -2.30. The Morgan fingerprint density at radius 3 is 2.52 bits per heavy atom. The molecule has 2 N–H and O–H groups in total. The molecule has 0 radical (unpaired) electrons. The highest BCUT2D eigenvalue weighted by Crippen LogP contribution is 2.36. The third kappa shape index (κ3) is 5.24. The van der Waals surface area contributed by atoms with E-state index < -0.39 is 15.1 Å². The van der Waals surface area contributed by atoms with Crippen molar-refractivity contribution in [2.45, 2.75) is 86.7 Å². The third-order valence-electron chi connectivity index (χ3n) is 6.76. The van der Waals surface area contributed by atoms with Gasteiger partial charge in [-0.1, -0.05) is 66.4 Å². The molecule has 6 heteroatoms. The van der Waals surface area contributed by atoms with E-state index in [2.05, 4.69) is 45.6 Å². The van der Waals surface area contributed by atoms with Crippen molar-refractivity contribution in [2.75, 3.05) is 0 Å². The van der Waals surface area contributed by atoms with Crippen LogP contribution in [0.25, 0.3) is 0 Å². The molecule has 4 atom stereocenters. The summed E-state index contributed by atoms with van der Waals surface area (Å²) in [6.07, 6.45) is 7.87. The van der Waals surface area contributed by atoms with E-state index in [0.29, 0.717) is 11.4 Å². The van der Waals surface area contributed by atoms with E-state index in [4.69, 9.17) is 0 Å². The van der Waals surface area contributed by atoms with Crippen LogP contribution < -0.4 is 10.6 Å². The average molecular weight is 506 g/mol. The molecule has 0 spiro atoms. The number of aryl methyl sites for hydroxylation is 1. The molecule has 31 heavy (non-hydrogen) atoms. The highest BCUT2D eigenvalue weighted by molar-refractivity contribution is 9.10. The maximum Gasteiger partial charge on any atom is 0.184 e. The van der Waals surface area contributed by atoms with E-state index in [-0.39, 0.29) is 18.1 Å². The minimum Gasteiger partial charge on any atom is -0.308 e. The molecule has 2 fully saturated rings. The van der Waals surface area contributed by atoms with Gasteiger partial charge in [0.2, 0.25) is 0 Å².